The van der Waals surface area contributed by atoms with E-state index in [0.29, 0.717) is 44.3 Å². The Morgan fingerprint density at radius 2 is 1.77 bits per heavy atom. The number of non-ortho nitro benzene ring substituents is 1. The van der Waals surface area contributed by atoms with E-state index in [2.05, 4.69) is 16.5 Å². The molecular formula is C37H47N3O11S. The third-order valence-corrected chi connectivity index (χ3v) is 15.3. The number of benzene rings is 2. The van der Waals surface area contributed by atoms with Gasteiger partial charge in [-0.1, -0.05) is 31.2 Å². The number of nitro benzene ring substituents is 1. The maximum absolute atomic E-state index is 14.4. The number of likely N-dealkylation sites (tertiary alicyclic amines) is 1. The smallest absolute Gasteiger partial charge is 0.340 e. The Morgan fingerprint density at radius 3 is 2.42 bits per heavy atom. The number of nitrogens with one attached hydrogen (secondary N) is 1. The number of carbonyl (C=O) groups is 1. The maximum Gasteiger partial charge on any atom is 0.340 e. The number of sulfonamides is 1. The lowest BCUT2D eigenvalue weighted by Gasteiger charge is -2.70. The molecule has 7 bridgehead atoms. The predicted molar refractivity (Wildman–Crippen MR) is 187 cm³/mol. The molecule has 5 saturated carbocycles. The number of hydrogen-bond acceptors (Lipinski definition) is 12. The Kier molecular flexibility index (Phi) is 8.38. The van der Waals surface area contributed by atoms with E-state index in [0.717, 1.165) is 0 Å². The summed E-state index contributed by atoms with van der Waals surface area (Å²) in [5, 5.41) is 37.0. The van der Waals surface area contributed by atoms with Crippen LogP contribution in [0.4, 0.5) is 11.4 Å². The molecule has 12 atom stereocenters. The van der Waals surface area contributed by atoms with Crippen molar-refractivity contribution in [3.63, 3.8) is 0 Å². The van der Waals surface area contributed by atoms with Crippen molar-refractivity contribution in [1.29, 1.82) is 0 Å². The van der Waals surface area contributed by atoms with E-state index in [4.69, 9.17) is 18.9 Å². The molecule has 14 nitrogen and oxygen atoms in total. The molecule has 1 unspecified atom stereocenters. The molecule has 5 aliphatic carbocycles. The molecule has 15 heteroatoms. The van der Waals surface area contributed by atoms with Gasteiger partial charge in [0.2, 0.25) is 10.0 Å². The van der Waals surface area contributed by atoms with Gasteiger partial charge in [-0.15, -0.1) is 0 Å². The first-order valence-electron chi connectivity index (χ1n) is 18.1. The van der Waals surface area contributed by atoms with Crippen LogP contribution in [0.15, 0.2) is 48.5 Å². The third-order valence-electron chi connectivity index (χ3n) is 14.1. The Balaban J connectivity index is 1.15. The molecule has 1 aliphatic heterocycles. The summed E-state index contributed by atoms with van der Waals surface area (Å²) in [5.41, 5.74) is -4.46. The van der Waals surface area contributed by atoms with Crippen LogP contribution in [-0.4, -0.2) is 110 Å². The van der Waals surface area contributed by atoms with Crippen molar-refractivity contribution in [2.24, 2.45) is 29.1 Å². The fraction of sp³-hybridized carbons (Fsp3) is 0.649. The number of fused-ring (bicyclic) bond motifs is 2. The normalized spacial score (nSPS) is 41.4. The largest absolute Gasteiger partial charge is 0.454 e. The molecular weight excluding hydrogens is 694 g/mol. The van der Waals surface area contributed by atoms with Gasteiger partial charge in [0.05, 0.1) is 40.2 Å². The molecule has 0 aromatic heterocycles. The number of hydrogen-bond donors (Lipinski definition) is 3. The van der Waals surface area contributed by atoms with Crippen molar-refractivity contribution in [3.8, 4) is 0 Å². The van der Waals surface area contributed by atoms with Crippen LogP contribution in [0.3, 0.4) is 0 Å². The van der Waals surface area contributed by atoms with E-state index in [-0.39, 0.29) is 59.4 Å². The molecule has 1 heterocycles. The monoisotopic (exact) mass is 741 g/mol. The highest BCUT2D eigenvalue weighted by Crippen LogP contribution is 2.79. The zero-order valence-electron chi connectivity index (χ0n) is 29.8. The van der Waals surface area contributed by atoms with Gasteiger partial charge in [-0.05, 0) is 49.9 Å². The lowest BCUT2D eigenvalue weighted by Crippen LogP contribution is -2.83. The van der Waals surface area contributed by atoms with Crippen molar-refractivity contribution in [1.82, 2.24) is 4.90 Å². The summed E-state index contributed by atoms with van der Waals surface area (Å²) in [6.07, 6.45) is 1.21. The van der Waals surface area contributed by atoms with Crippen LogP contribution >= 0.6 is 0 Å². The first kappa shape index (κ1) is 35.8. The van der Waals surface area contributed by atoms with Gasteiger partial charge >= 0.3 is 5.97 Å². The van der Waals surface area contributed by atoms with E-state index >= 15 is 0 Å². The van der Waals surface area contributed by atoms with E-state index < -0.39 is 60.9 Å². The first-order valence-corrected chi connectivity index (χ1v) is 19.7. The highest BCUT2D eigenvalue weighted by molar-refractivity contribution is 7.91. The summed E-state index contributed by atoms with van der Waals surface area (Å²) >= 11 is 0. The molecule has 8 rings (SSSR count). The molecule has 1 saturated heterocycles. The summed E-state index contributed by atoms with van der Waals surface area (Å²) in [5.74, 6) is -2.33. The summed E-state index contributed by atoms with van der Waals surface area (Å²) < 4.78 is 54.4. The molecule has 0 radical (unpaired) electrons. The molecule has 0 amide bonds. The predicted octanol–water partition coefficient (Wildman–Crippen LogP) is 3.11. The number of carbonyl (C=O) groups excluding carboxylic acids is 1. The van der Waals surface area contributed by atoms with Gasteiger partial charge < -0.3 is 29.2 Å². The second-order valence-corrected chi connectivity index (χ2v) is 17.5. The van der Waals surface area contributed by atoms with Crippen molar-refractivity contribution in [2.75, 3.05) is 39.1 Å². The molecule has 52 heavy (non-hydrogen) atoms. The summed E-state index contributed by atoms with van der Waals surface area (Å²) in [7, 11) is 0.892. The highest BCUT2D eigenvalue weighted by atomic mass is 32.2. The van der Waals surface area contributed by atoms with E-state index in [9.17, 15) is 33.5 Å². The molecule has 6 fully saturated rings. The zero-order valence-corrected chi connectivity index (χ0v) is 30.6. The van der Waals surface area contributed by atoms with Gasteiger partial charge in [0.15, 0.2) is 0 Å². The third kappa shape index (κ3) is 4.62. The Labute approximate surface area is 303 Å². The Hall–Kier alpha value is -3.18. The van der Waals surface area contributed by atoms with Crippen LogP contribution < -0.4 is 4.72 Å². The Morgan fingerprint density at radius 1 is 1.04 bits per heavy atom. The minimum atomic E-state index is -4.05. The standard InChI is InChI=1S/C37H47N3O11S/c1-5-39-20-34(51-33(41)23-8-6-7-9-26(23)38-52(46,47)19-21-10-12-22(13-11-21)40(44)45)15-14-30(49-3)36-28(34)17-25(31(36)39)35(42)18-27(48-2)24-16-29(36)37(35,43)32(24)50-4/h6-13,24-25,27-32,38,42-43H,5,14-20H2,1-4H3/t24-,25+,27+,28-,29+,30+,31?,32+,34-,35+,36+,37+/m1/s1. The Bertz CT molecular complexity index is 1880. The van der Waals surface area contributed by atoms with E-state index in [1.54, 1.807) is 33.5 Å². The number of anilines is 1. The molecule has 1 spiro atoms. The number of likely N-dealkylation sites (N-methyl/N-ethyl adjacent to an activating group) is 1. The van der Waals surface area contributed by atoms with Crippen molar-refractivity contribution in [2.45, 2.75) is 85.9 Å². The number of para-hydroxylation sites is 1. The van der Waals surface area contributed by atoms with E-state index in [1.807, 2.05) is 0 Å². The highest BCUT2D eigenvalue weighted by Gasteiger charge is 2.89. The van der Waals surface area contributed by atoms with Crippen LogP contribution in [0.2, 0.25) is 0 Å². The van der Waals surface area contributed by atoms with Gasteiger partial charge in [0.1, 0.15) is 16.8 Å². The van der Waals surface area contributed by atoms with Crippen molar-refractivity contribution >= 4 is 27.4 Å². The fourth-order valence-corrected chi connectivity index (χ4v) is 13.7. The minimum absolute atomic E-state index is 0.0515. The SMILES string of the molecule is CCN1C[C@]2(OC(=O)c3ccccc3NS(=O)(=O)Cc3ccc([N+](=O)[O-])cc3)CC[C@H](OC)[C@]34C1[C@H](C[C@H]23)[C@@]1(O)C[C@H](OC)[C@H]2C[C@@H]4[C@]1(O)[C@H]2OC. The minimum Gasteiger partial charge on any atom is -0.454 e. The average molecular weight is 742 g/mol. The average Bonchev–Trinajstić information content (AvgIpc) is 3.54. The number of nitro groups is 1. The number of esters is 1. The topological polar surface area (TPSA) is 187 Å². The van der Waals surface area contributed by atoms with Crippen molar-refractivity contribution < 1.29 is 47.3 Å². The van der Waals surface area contributed by atoms with Gasteiger partial charge in [-0.2, -0.15) is 0 Å². The fourth-order valence-electron chi connectivity index (χ4n) is 12.5. The number of rotatable bonds is 11. The lowest BCUT2D eigenvalue weighted by molar-refractivity contribution is -0.384. The van der Waals surface area contributed by atoms with Gasteiger partial charge in [-0.25, -0.2) is 13.2 Å². The second-order valence-electron chi connectivity index (χ2n) is 15.8. The number of aliphatic hydroxyl groups is 2. The van der Waals surface area contributed by atoms with Gasteiger partial charge in [0, 0.05) is 81.6 Å². The summed E-state index contributed by atoms with van der Waals surface area (Å²) in [6.45, 7) is 3.11. The zero-order chi connectivity index (χ0) is 37.0. The van der Waals surface area contributed by atoms with Crippen LogP contribution in [0.25, 0.3) is 0 Å². The van der Waals surface area contributed by atoms with E-state index in [1.165, 1.54) is 36.4 Å². The maximum atomic E-state index is 14.4. The van der Waals surface area contributed by atoms with Gasteiger partial charge in [0.25, 0.3) is 5.69 Å². The molecule has 2 aromatic rings. The lowest BCUT2D eigenvalue weighted by atomic mass is 9.44. The number of nitrogens with zero attached hydrogens (tertiary/aromatic N) is 2. The molecule has 6 aliphatic rings. The van der Waals surface area contributed by atoms with Crippen molar-refractivity contribution in [3.05, 3.63) is 69.8 Å². The second kappa shape index (κ2) is 12.2. The van der Waals surface area contributed by atoms with Crippen LogP contribution in [-0.2, 0) is 34.7 Å². The number of ether oxygens (including phenoxy) is 4. The molecule has 2 aromatic carbocycles. The number of methoxy groups -OCH3 is 3. The summed E-state index contributed by atoms with van der Waals surface area (Å²) in [4.78, 5) is 27.3. The van der Waals surface area contributed by atoms with Crippen LogP contribution in [0.1, 0.15) is 54.9 Å². The number of piperidine rings is 1. The quantitative estimate of drug-likeness (QED) is 0.174. The molecule has 3 N–H and O–H groups in total. The van der Waals surface area contributed by atoms with Crippen LogP contribution in [0, 0.1) is 39.2 Å². The van der Waals surface area contributed by atoms with Crippen LogP contribution in [0.5, 0.6) is 0 Å². The molecule has 282 valence electrons. The summed E-state index contributed by atoms with van der Waals surface area (Å²) in [6, 6.07) is 11.4. The first-order chi connectivity index (χ1) is 24.7. The van der Waals surface area contributed by atoms with Gasteiger partial charge in [-0.3, -0.25) is 19.7 Å².